The highest BCUT2D eigenvalue weighted by Crippen LogP contribution is 2.23. The van der Waals surface area contributed by atoms with Gasteiger partial charge in [0.2, 0.25) is 5.91 Å². The van der Waals surface area contributed by atoms with Gasteiger partial charge in [0.15, 0.2) is 0 Å². The summed E-state index contributed by atoms with van der Waals surface area (Å²) in [7, 11) is 0. The van der Waals surface area contributed by atoms with Gasteiger partial charge >= 0.3 is 0 Å². The molecule has 25 heavy (non-hydrogen) atoms. The Balaban J connectivity index is 1.43. The zero-order valence-electron chi connectivity index (χ0n) is 15.8. The zero-order chi connectivity index (χ0) is 17.8. The highest BCUT2D eigenvalue weighted by molar-refractivity contribution is 5.73. The molecule has 2 atom stereocenters. The van der Waals surface area contributed by atoms with Crippen molar-refractivity contribution in [2.45, 2.75) is 26.8 Å². The lowest BCUT2D eigenvalue weighted by atomic mass is 10.0. The summed E-state index contributed by atoms with van der Waals surface area (Å²) in [5.74, 6) is 1.83. The van der Waals surface area contributed by atoms with Crippen LogP contribution in [-0.2, 0) is 4.79 Å². The lowest BCUT2D eigenvalue weighted by Gasteiger charge is -2.39. The fourth-order valence-electron chi connectivity index (χ4n) is 4.07. The molecule has 1 amide bonds. The van der Waals surface area contributed by atoms with Gasteiger partial charge < -0.3 is 9.64 Å². The van der Waals surface area contributed by atoms with Gasteiger partial charge in [0.25, 0.3) is 0 Å². The fraction of sp³-hybridized carbons (Fsp3) is 0.650. The number of benzene rings is 1. The van der Waals surface area contributed by atoms with Crippen molar-refractivity contribution < 1.29 is 9.53 Å². The van der Waals surface area contributed by atoms with Crippen LogP contribution in [-0.4, -0.2) is 79.1 Å². The molecule has 2 aliphatic rings. The Kier molecular flexibility index (Phi) is 5.97. The van der Waals surface area contributed by atoms with Gasteiger partial charge in [-0.3, -0.25) is 14.6 Å². The largest absolute Gasteiger partial charge is 0.492 e. The molecule has 5 nitrogen and oxygen atoms in total. The Morgan fingerprint density at radius 2 is 1.96 bits per heavy atom. The summed E-state index contributed by atoms with van der Waals surface area (Å²) in [6, 6.07) is 8.85. The van der Waals surface area contributed by atoms with E-state index in [0.717, 1.165) is 58.2 Å². The molecule has 0 radical (unpaired) electrons. The van der Waals surface area contributed by atoms with Crippen LogP contribution in [0.25, 0.3) is 0 Å². The maximum Gasteiger partial charge on any atom is 0.219 e. The maximum absolute atomic E-state index is 11.5. The van der Waals surface area contributed by atoms with Crippen LogP contribution >= 0.6 is 0 Å². The topological polar surface area (TPSA) is 36.0 Å². The predicted molar refractivity (Wildman–Crippen MR) is 99.9 cm³/mol. The summed E-state index contributed by atoms with van der Waals surface area (Å²) < 4.78 is 5.91. The Morgan fingerprint density at radius 1 is 1.20 bits per heavy atom. The Hall–Kier alpha value is -1.59. The minimum atomic E-state index is 0.203. The number of carbonyl (C=O) groups is 1. The summed E-state index contributed by atoms with van der Waals surface area (Å²) in [6.07, 6.45) is 0. The number of piperazine rings is 1. The van der Waals surface area contributed by atoms with Crippen molar-refractivity contribution in [1.29, 1.82) is 0 Å². The van der Waals surface area contributed by atoms with E-state index in [2.05, 4.69) is 35.8 Å². The number of aryl methyl sites for hydroxylation is 1. The Labute approximate surface area is 151 Å². The third kappa shape index (κ3) is 4.73. The molecular weight excluding hydrogens is 314 g/mol. The van der Waals surface area contributed by atoms with Crippen LogP contribution in [0.3, 0.4) is 0 Å². The Bertz CT molecular complexity index is 584. The molecule has 5 heteroatoms. The minimum absolute atomic E-state index is 0.203. The Morgan fingerprint density at radius 3 is 2.64 bits per heavy atom. The van der Waals surface area contributed by atoms with Gasteiger partial charge in [0, 0.05) is 58.8 Å². The molecule has 2 fully saturated rings. The minimum Gasteiger partial charge on any atom is -0.492 e. The molecule has 0 aromatic heterocycles. The number of likely N-dealkylation sites (tertiary alicyclic amines) is 1. The van der Waals surface area contributed by atoms with E-state index in [1.807, 2.05) is 17.0 Å². The number of hydrogen-bond donors (Lipinski definition) is 0. The van der Waals surface area contributed by atoms with Crippen molar-refractivity contribution in [3.8, 4) is 5.75 Å². The molecule has 0 N–H and O–H groups in total. The predicted octanol–water partition coefficient (Wildman–Crippen LogP) is 1.86. The van der Waals surface area contributed by atoms with Crippen molar-refractivity contribution in [3.63, 3.8) is 0 Å². The summed E-state index contributed by atoms with van der Waals surface area (Å²) in [5.41, 5.74) is 1.23. The highest BCUT2D eigenvalue weighted by Gasteiger charge is 2.35. The molecule has 0 unspecified atom stereocenters. The average Bonchev–Trinajstić information content (AvgIpc) is 2.96. The second-order valence-corrected chi connectivity index (χ2v) is 7.51. The normalized spacial score (nSPS) is 25.3. The summed E-state index contributed by atoms with van der Waals surface area (Å²) in [5, 5.41) is 0. The summed E-state index contributed by atoms with van der Waals surface area (Å²) >= 11 is 0. The third-order valence-corrected chi connectivity index (χ3v) is 5.54. The summed E-state index contributed by atoms with van der Waals surface area (Å²) in [4.78, 5) is 18.5. The van der Waals surface area contributed by atoms with Crippen molar-refractivity contribution in [3.05, 3.63) is 29.8 Å². The number of rotatable bonds is 5. The van der Waals surface area contributed by atoms with Crippen LogP contribution in [0.4, 0.5) is 0 Å². The van der Waals surface area contributed by atoms with Crippen molar-refractivity contribution in [1.82, 2.24) is 14.7 Å². The first kappa shape index (κ1) is 18.2. The van der Waals surface area contributed by atoms with E-state index in [0.29, 0.717) is 12.0 Å². The van der Waals surface area contributed by atoms with E-state index in [1.165, 1.54) is 5.56 Å². The molecule has 2 heterocycles. The van der Waals surface area contributed by atoms with Gasteiger partial charge in [-0.25, -0.2) is 0 Å². The number of nitrogens with zero attached hydrogens (tertiary/aromatic N) is 3. The van der Waals surface area contributed by atoms with Gasteiger partial charge in [-0.1, -0.05) is 19.1 Å². The van der Waals surface area contributed by atoms with E-state index in [1.54, 1.807) is 6.92 Å². The van der Waals surface area contributed by atoms with Crippen LogP contribution in [0.15, 0.2) is 24.3 Å². The van der Waals surface area contributed by atoms with Gasteiger partial charge in [-0.2, -0.15) is 0 Å². The van der Waals surface area contributed by atoms with Crippen LogP contribution in [0.2, 0.25) is 0 Å². The highest BCUT2D eigenvalue weighted by atomic mass is 16.5. The molecular formula is C20H31N3O2. The molecule has 138 valence electrons. The number of ether oxygens (including phenoxy) is 1. The smallest absolute Gasteiger partial charge is 0.219 e. The molecule has 0 bridgehead atoms. The third-order valence-electron chi connectivity index (χ3n) is 5.54. The number of amides is 1. The molecule has 0 aliphatic carbocycles. The van der Waals surface area contributed by atoms with E-state index < -0.39 is 0 Å². The SMILES string of the molecule is CC(=O)N1CCN([C@H]2CN(CCOc3cccc(C)c3)C[C@H]2C)CC1. The molecule has 1 aromatic rings. The second-order valence-electron chi connectivity index (χ2n) is 7.51. The quantitative estimate of drug-likeness (QED) is 0.816. The first-order chi connectivity index (χ1) is 12.0. The van der Waals surface area contributed by atoms with Crippen molar-refractivity contribution in [2.75, 3.05) is 52.4 Å². The van der Waals surface area contributed by atoms with Crippen LogP contribution in [0.5, 0.6) is 5.75 Å². The lowest BCUT2D eigenvalue weighted by Crippen LogP contribution is -2.53. The van der Waals surface area contributed by atoms with E-state index in [9.17, 15) is 4.79 Å². The first-order valence-corrected chi connectivity index (χ1v) is 9.44. The van der Waals surface area contributed by atoms with Gasteiger partial charge in [0.05, 0.1) is 0 Å². The maximum atomic E-state index is 11.5. The lowest BCUT2D eigenvalue weighted by molar-refractivity contribution is -0.130. The van der Waals surface area contributed by atoms with E-state index >= 15 is 0 Å². The number of carbonyl (C=O) groups excluding carboxylic acids is 1. The van der Waals surface area contributed by atoms with Gasteiger partial charge in [-0.15, -0.1) is 0 Å². The monoisotopic (exact) mass is 345 g/mol. The second kappa shape index (κ2) is 8.19. The zero-order valence-corrected chi connectivity index (χ0v) is 15.8. The molecule has 0 saturated carbocycles. The average molecular weight is 345 g/mol. The number of hydrogen-bond acceptors (Lipinski definition) is 4. The molecule has 2 saturated heterocycles. The van der Waals surface area contributed by atoms with E-state index in [-0.39, 0.29) is 5.91 Å². The van der Waals surface area contributed by atoms with Crippen LogP contribution in [0, 0.1) is 12.8 Å². The van der Waals surface area contributed by atoms with Gasteiger partial charge in [0.1, 0.15) is 12.4 Å². The van der Waals surface area contributed by atoms with Crippen LogP contribution < -0.4 is 4.74 Å². The fourth-order valence-corrected chi connectivity index (χ4v) is 4.07. The molecule has 3 rings (SSSR count). The van der Waals surface area contributed by atoms with Crippen LogP contribution in [0.1, 0.15) is 19.4 Å². The van der Waals surface area contributed by atoms with E-state index in [4.69, 9.17) is 4.74 Å². The van der Waals surface area contributed by atoms with Gasteiger partial charge in [-0.05, 0) is 30.5 Å². The molecule has 1 aromatic carbocycles. The summed E-state index contributed by atoms with van der Waals surface area (Å²) in [6.45, 7) is 13.8. The molecule has 0 spiro atoms. The van der Waals surface area contributed by atoms with Crippen molar-refractivity contribution >= 4 is 5.91 Å². The van der Waals surface area contributed by atoms with Crippen molar-refractivity contribution in [2.24, 2.45) is 5.92 Å². The first-order valence-electron chi connectivity index (χ1n) is 9.44. The molecule has 2 aliphatic heterocycles. The standard InChI is InChI=1S/C20H31N3O2/c1-16-5-4-6-19(13-16)25-12-11-21-14-17(2)20(15-21)23-9-7-22(8-10-23)18(3)24/h4-6,13,17,20H,7-12,14-15H2,1-3H3/t17-,20+/m1/s1.